The normalized spacial score (nSPS) is 12.8. The summed E-state index contributed by atoms with van der Waals surface area (Å²) in [6.07, 6.45) is 4.20. The predicted octanol–water partition coefficient (Wildman–Crippen LogP) is 3.59. The van der Waals surface area contributed by atoms with Gasteiger partial charge in [-0.05, 0) is 41.9 Å². The predicted molar refractivity (Wildman–Crippen MR) is 119 cm³/mol. The third-order valence-electron chi connectivity index (χ3n) is 4.74. The highest BCUT2D eigenvalue weighted by Crippen LogP contribution is 2.14. The van der Waals surface area contributed by atoms with Crippen molar-refractivity contribution >= 4 is 29.7 Å². The maximum atomic E-state index is 11.3. The fraction of sp³-hybridized carbons (Fsp3) is 0.160. The van der Waals surface area contributed by atoms with Gasteiger partial charge in [-0.25, -0.2) is 0 Å². The van der Waals surface area contributed by atoms with E-state index in [1.807, 2.05) is 24.3 Å². The van der Waals surface area contributed by atoms with E-state index < -0.39 is 8.32 Å². The number of ketones is 1. The Kier molecular flexibility index (Phi) is 6.74. The molecule has 2 nitrogen and oxygen atoms in total. The van der Waals surface area contributed by atoms with Crippen molar-refractivity contribution in [3.05, 3.63) is 103 Å². The first-order chi connectivity index (χ1) is 13.6. The van der Waals surface area contributed by atoms with E-state index in [9.17, 15) is 4.79 Å². The van der Waals surface area contributed by atoms with E-state index in [4.69, 9.17) is 4.43 Å². The maximum Gasteiger partial charge on any atom is 0.288 e. The van der Waals surface area contributed by atoms with Gasteiger partial charge in [-0.3, -0.25) is 4.79 Å². The SMILES string of the molecule is CC(=O)C=CCC(C)O[Si](c1ccccc1)(c1ccccc1)c1ccccc1. The maximum absolute atomic E-state index is 11.3. The Morgan fingerprint density at radius 1 is 0.821 bits per heavy atom. The van der Waals surface area contributed by atoms with E-state index in [-0.39, 0.29) is 11.9 Å². The van der Waals surface area contributed by atoms with Gasteiger partial charge in [0.05, 0.1) is 0 Å². The lowest BCUT2D eigenvalue weighted by Crippen LogP contribution is -2.70. The van der Waals surface area contributed by atoms with Crippen molar-refractivity contribution in [2.75, 3.05) is 0 Å². The summed E-state index contributed by atoms with van der Waals surface area (Å²) in [7, 11) is -2.68. The quantitative estimate of drug-likeness (QED) is 0.336. The molecule has 0 saturated heterocycles. The summed E-state index contributed by atoms with van der Waals surface area (Å²) in [6, 6.07) is 31.6. The highest BCUT2D eigenvalue weighted by molar-refractivity contribution is 7.07. The van der Waals surface area contributed by atoms with E-state index in [1.165, 1.54) is 15.6 Å². The zero-order chi connectivity index (χ0) is 19.8. The molecule has 0 aliphatic rings. The minimum absolute atomic E-state index is 0.0251. The Balaban J connectivity index is 2.12. The monoisotopic (exact) mass is 386 g/mol. The number of benzene rings is 3. The summed E-state index contributed by atoms with van der Waals surface area (Å²) >= 11 is 0. The van der Waals surface area contributed by atoms with Crippen LogP contribution in [0.3, 0.4) is 0 Å². The standard InChI is InChI=1S/C25H26O2Si/c1-21(26)13-12-14-22(2)27-28(23-15-6-3-7-16-23,24-17-8-4-9-18-24)25-19-10-5-11-20-25/h3-13,15-20,22H,14H2,1-2H3. The van der Waals surface area contributed by atoms with Gasteiger partial charge in [-0.1, -0.05) is 97.1 Å². The minimum atomic E-state index is -2.68. The first-order valence-electron chi connectivity index (χ1n) is 9.64. The molecule has 0 fully saturated rings. The smallest absolute Gasteiger partial charge is 0.288 e. The molecule has 0 amide bonds. The van der Waals surface area contributed by atoms with Crippen LogP contribution in [0, 0.1) is 0 Å². The summed E-state index contributed by atoms with van der Waals surface area (Å²) in [5.74, 6) is 0.0601. The van der Waals surface area contributed by atoms with E-state index in [1.54, 1.807) is 13.0 Å². The molecule has 0 aliphatic heterocycles. The molecular weight excluding hydrogens is 360 g/mol. The van der Waals surface area contributed by atoms with Gasteiger partial charge in [0, 0.05) is 6.10 Å². The molecule has 0 aromatic heterocycles. The molecule has 3 heteroatoms. The number of hydrogen-bond acceptors (Lipinski definition) is 2. The minimum Gasteiger partial charge on any atom is -0.401 e. The lowest BCUT2D eigenvalue weighted by atomic mass is 10.2. The molecule has 0 heterocycles. The fourth-order valence-electron chi connectivity index (χ4n) is 3.50. The molecule has 1 atom stereocenters. The molecule has 0 radical (unpaired) electrons. The van der Waals surface area contributed by atoms with Crippen molar-refractivity contribution < 1.29 is 9.22 Å². The Hall–Kier alpha value is -2.75. The van der Waals surface area contributed by atoms with E-state index in [2.05, 4.69) is 79.7 Å². The molecule has 3 aromatic carbocycles. The third kappa shape index (κ3) is 4.56. The average molecular weight is 387 g/mol. The molecule has 0 aliphatic carbocycles. The van der Waals surface area contributed by atoms with Crippen LogP contribution in [-0.4, -0.2) is 20.2 Å². The molecular formula is C25H26O2Si. The first kappa shape index (κ1) is 20.0. The molecule has 142 valence electrons. The molecule has 1 unspecified atom stereocenters. The van der Waals surface area contributed by atoms with Crippen LogP contribution in [-0.2, 0) is 9.22 Å². The number of carbonyl (C=O) groups excluding carboxylic acids is 1. The summed E-state index contributed by atoms with van der Waals surface area (Å²) in [5.41, 5.74) is 0. The van der Waals surface area contributed by atoms with Crippen LogP contribution in [0.15, 0.2) is 103 Å². The Morgan fingerprint density at radius 2 is 1.21 bits per heavy atom. The summed E-state index contributed by atoms with van der Waals surface area (Å²) in [6.45, 7) is 3.65. The van der Waals surface area contributed by atoms with Crippen molar-refractivity contribution in [1.82, 2.24) is 0 Å². The van der Waals surface area contributed by atoms with E-state index in [0.717, 1.165) is 0 Å². The fourth-order valence-corrected chi connectivity index (χ4v) is 7.59. The lowest BCUT2D eigenvalue weighted by Gasteiger charge is -2.35. The van der Waals surface area contributed by atoms with Crippen LogP contribution in [0.4, 0.5) is 0 Å². The van der Waals surface area contributed by atoms with Gasteiger partial charge in [0.25, 0.3) is 8.32 Å². The number of allylic oxidation sites excluding steroid dienone is 1. The van der Waals surface area contributed by atoms with Crippen molar-refractivity contribution in [2.45, 2.75) is 26.4 Å². The van der Waals surface area contributed by atoms with Crippen LogP contribution in [0.1, 0.15) is 20.3 Å². The van der Waals surface area contributed by atoms with E-state index in [0.29, 0.717) is 6.42 Å². The molecule has 0 bridgehead atoms. The van der Waals surface area contributed by atoms with Gasteiger partial charge < -0.3 is 4.43 Å². The second kappa shape index (κ2) is 9.45. The van der Waals surface area contributed by atoms with Crippen molar-refractivity contribution in [3.63, 3.8) is 0 Å². The number of hydrogen-bond donors (Lipinski definition) is 0. The van der Waals surface area contributed by atoms with Crippen molar-refractivity contribution in [2.24, 2.45) is 0 Å². The largest absolute Gasteiger partial charge is 0.401 e. The number of carbonyl (C=O) groups is 1. The highest BCUT2D eigenvalue weighted by Gasteiger charge is 2.42. The van der Waals surface area contributed by atoms with Crippen LogP contribution >= 0.6 is 0 Å². The van der Waals surface area contributed by atoms with E-state index >= 15 is 0 Å². The van der Waals surface area contributed by atoms with Crippen LogP contribution in [0.5, 0.6) is 0 Å². The Morgan fingerprint density at radius 3 is 1.57 bits per heavy atom. The summed E-state index contributed by atoms with van der Waals surface area (Å²) in [4.78, 5) is 11.3. The molecule has 3 aromatic rings. The van der Waals surface area contributed by atoms with Gasteiger partial charge in [0.2, 0.25) is 0 Å². The van der Waals surface area contributed by atoms with Gasteiger partial charge in [-0.15, -0.1) is 0 Å². The molecule has 0 spiro atoms. The lowest BCUT2D eigenvalue weighted by molar-refractivity contribution is -0.112. The van der Waals surface area contributed by atoms with Crippen LogP contribution in [0.2, 0.25) is 0 Å². The van der Waals surface area contributed by atoms with Gasteiger partial charge in [-0.2, -0.15) is 0 Å². The average Bonchev–Trinajstić information content (AvgIpc) is 2.74. The second-order valence-electron chi connectivity index (χ2n) is 6.96. The summed E-state index contributed by atoms with van der Waals surface area (Å²) in [5, 5.41) is 3.65. The van der Waals surface area contributed by atoms with Crippen molar-refractivity contribution in [3.8, 4) is 0 Å². The Labute approximate surface area is 168 Å². The van der Waals surface area contributed by atoms with Crippen LogP contribution < -0.4 is 15.6 Å². The van der Waals surface area contributed by atoms with Crippen LogP contribution in [0.25, 0.3) is 0 Å². The van der Waals surface area contributed by atoms with Gasteiger partial charge >= 0.3 is 0 Å². The molecule has 0 saturated carbocycles. The van der Waals surface area contributed by atoms with Gasteiger partial charge in [0.15, 0.2) is 5.78 Å². The zero-order valence-electron chi connectivity index (χ0n) is 16.4. The molecule has 3 rings (SSSR count). The zero-order valence-corrected chi connectivity index (χ0v) is 17.4. The third-order valence-corrected chi connectivity index (χ3v) is 8.93. The molecule has 28 heavy (non-hydrogen) atoms. The first-order valence-corrected chi connectivity index (χ1v) is 11.6. The van der Waals surface area contributed by atoms with Crippen molar-refractivity contribution in [1.29, 1.82) is 0 Å². The Bertz CT molecular complexity index is 808. The van der Waals surface area contributed by atoms with Gasteiger partial charge in [0.1, 0.15) is 0 Å². The highest BCUT2D eigenvalue weighted by atomic mass is 28.4. The molecule has 0 N–H and O–H groups in total. The summed E-state index contributed by atoms with van der Waals surface area (Å²) < 4.78 is 6.95. The topological polar surface area (TPSA) is 26.3 Å². The second-order valence-corrected chi connectivity index (χ2v) is 10.3. The number of rotatable bonds is 8.